The van der Waals surface area contributed by atoms with Crippen molar-refractivity contribution in [3.05, 3.63) is 66.0 Å². The predicted molar refractivity (Wildman–Crippen MR) is 105 cm³/mol. The number of carbonyl (C=O) groups is 2. The molecule has 30 heavy (non-hydrogen) atoms. The minimum atomic E-state index is -0.452. The molecular formula is C21H15N3O6. The molecule has 2 N–H and O–H groups in total. The summed E-state index contributed by atoms with van der Waals surface area (Å²) >= 11 is 0. The summed E-state index contributed by atoms with van der Waals surface area (Å²) in [6.45, 7) is 0.295. The third-order valence-corrected chi connectivity index (χ3v) is 4.48. The second-order valence-corrected chi connectivity index (χ2v) is 6.45. The van der Waals surface area contributed by atoms with Crippen molar-refractivity contribution < 1.29 is 28.5 Å². The number of fused-ring (bicyclic) bond motifs is 2. The Balaban J connectivity index is 1.29. The Kier molecular flexibility index (Phi) is 4.32. The van der Waals surface area contributed by atoms with Crippen LogP contribution in [0.2, 0.25) is 0 Å². The molecule has 3 aromatic rings. The summed E-state index contributed by atoms with van der Waals surface area (Å²) in [7, 11) is 0. The van der Waals surface area contributed by atoms with E-state index < -0.39 is 11.8 Å². The quantitative estimate of drug-likeness (QED) is 0.687. The highest BCUT2D eigenvalue weighted by atomic mass is 16.7. The molecule has 9 heteroatoms. The first kappa shape index (κ1) is 17.8. The minimum Gasteiger partial charge on any atom is -0.454 e. The van der Waals surface area contributed by atoms with Crippen LogP contribution in [0.1, 0.15) is 21.0 Å². The summed E-state index contributed by atoms with van der Waals surface area (Å²) in [6, 6.07) is 14.8. The molecule has 2 aromatic carbocycles. The van der Waals surface area contributed by atoms with Gasteiger partial charge in [0.15, 0.2) is 23.0 Å². The van der Waals surface area contributed by atoms with Crippen LogP contribution in [-0.2, 0) is 0 Å². The molecule has 0 unspecified atom stereocenters. The molecule has 2 amide bonds. The fraction of sp³-hybridized carbons (Fsp3) is 0.0952. The molecule has 1 aromatic heterocycles. The van der Waals surface area contributed by atoms with Crippen molar-refractivity contribution in [1.29, 1.82) is 0 Å². The van der Waals surface area contributed by atoms with Crippen LogP contribution < -0.4 is 29.6 Å². The summed E-state index contributed by atoms with van der Waals surface area (Å²) in [5.41, 5.74) is 1.26. The maximum atomic E-state index is 12.6. The van der Waals surface area contributed by atoms with Gasteiger partial charge in [0, 0.05) is 23.5 Å². The molecular weight excluding hydrogens is 390 g/mol. The van der Waals surface area contributed by atoms with Gasteiger partial charge in [-0.15, -0.1) is 0 Å². The number of rotatable bonds is 4. The predicted octanol–water partition coefficient (Wildman–Crippen LogP) is 3.04. The number of hydrogen-bond donors (Lipinski definition) is 2. The number of ether oxygens (including phenoxy) is 4. The van der Waals surface area contributed by atoms with Crippen molar-refractivity contribution in [3.63, 3.8) is 0 Å². The number of hydrogen-bond acceptors (Lipinski definition) is 7. The lowest BCUT2D eigenvalue weighted by atomic mass is 10.2. The van der Waals surface area contributed by atoms with Gasteiger partial charge in [0.25, 0.3) is 11.8 Å². The average molecular weight is 405 g/mol. The van der Waals surface area contributed by atoms with Gasteiger partial charge in [-0.25, -0.2) is 4.98 Å². The first-order valence-corrected chi connectivity index (χ1v) is 9.05. The Bertz CT molecular complexity index is 1080. The largest absolute Gasteiger partial charge is 0.454 e. The van der Waals surface area contributed by atoms with Gasteiger partial charge in [0.05, 0.1) is 0 Å². The highest BCUT2D eigenvalue weighted by molar-refractivity contribution is 6.06. The summed E-state index contributed by atoms with van der Waals surface area (Å²) in [6.07, 6.45) is 0. The third-order valence-electron chi connectivity index (χ3n) is 4.48. The molecule has 0 saturated carbocycles. The van der Waals surface area contributed by atoms with E-state index >= 15 is 0 Å². The smallest absolute Gasteiger partial charge is 0.274 e. The van der Waals surface area contributed by atoms with Crippen molar-refractivity contribution in [2.24, 2.45) is 0 Å². The normalized spacial score (nSPS) is 13.1. The van der Waals surface area contributed by atoms with Crippen LogP contribution in [0.15, 0.2) is 54.6 Å². The van der Waals surface area contributed by atoms with E-state index in [2.05, 4.69) is 15.6 Å². The summed E-state index contributed by atoms with van der Waals surface area (Å²) < 4.78 is 21.1. The second kappa shape index (κ2) is 7.28. The maximum Gasteiger partial charge on any atom is 0.274 e. The zero-order valence-corrected chi connectivity index (χ0v) is 15.5. The van der Waals surface area contributed by atoms with Crippen molar-refractivity contribution in [3.8, 4) is 23.0 Å². The van der Waals surface area contributed by atoms with Crippen molar-refractivity contribution in [2.45, 2.75) is 0 Å². The standard InChI is InChI=1S/C21H15N3O6/c25-20(22-12-4-6-16-18(8-12)29-10-27-16)14-2-1-3-15(24-14)21(26)23-13-5-7-17-19(9-13)30-11-28-17/h1-9H,10-11H2,(H,22,25)(H,23,26). The number of amides is 2. The highest BCUT2D eigenvalue weighted by Gasteiger charge is 2.18. The fourth-order valence-electron chi connectivity index (χ4n) is 3.03. The highest BCUT2D eigenvalue weighted by Crippen LogP contribution is 2.35. The van der Waals surface area contributed by atoms with Crippen LogP contribution in [0.25, 0.3) is 0 Å². The number of anilines is 2. The Labute approximate surface area is 170 Å². The lowest BCUT2D eigenvalue weighted by Crippen LogP contribution is -2.18. The number of nitrogens with zero attached hydrogens (tertiary/aromatic N) is 1. The van der Waals surface area contributed by atoms with Crippen LogP contribution in [0.4, 0.5) is 11.4 Å². The molecule has 0 bridgehead atoms. The van der Waals surface area contributed by atoms with E-state index in [4.69, 9.17) is 18.9 Å². The molecule has 2 aliphatic heterocycles. The van der Waals surface area contributed by atoms with Gasteiger partial charge < -0.3 is 29.6 Å². The number of aromatic nitrogens is 1. The van der Waals surface area contributed by atoms with Crippen molar-refractivity contribution in [2.75, 3.05) is 24.2 Å². The van der Waals surface area contributed by atoms with Gasteiger partial charge in [0.2, 0.25) is 13.6 Å². The van der Waals surface area contributed by atoms with E-state index in [9.17, 15) is 9.59 Å². The fourth-order valence-corrected chi connectivity index (χ4v) is 3.03. The van der Waals surface area contributed by atoms with Gasteiger partial charge in [-0.2, -0.15) is 0 Å². The minimum absolute atomic E-state index is 0.103. The van der Waals surface area contributed by atoms with Gasteiger partial charge in [-0.3, -0.25) is 9.59 Å². The van der Waals surface area contributed by atoms with Crippen molar-refractivity contribution in [1.82, 2.24) is 4.98 Å². The number of pyridine rings is 1. The first-order chi connectivity index (χ1) is 14.7. The lowest BCUT2D eigenvalue weighted by Gasteiger charge is -2.08. The molecule has 2 aliphatic rings. The lowest BCUT2D eigenvalue weighted by molar-refractivity contribution is 0.101. The summed E-state index contributed by atoms with van der Waals surface area (Å²) in [5, 5.41) is 5.47. The molecule has 5 rings (SSSR count). The summed E-state index contributed by atoms with van der Waals surface area (Å²) in [4.78, 5) is 29.3. The van der Waals surface area contributed by atoms with Crippen LogP contribution in [0.5, 0.6) is 23.0 Å². The molecule has 0 fully saturated rings. The second-order valence-electron chi connectivity index (χ2n) is 6.45. The molecule has 0 saturated heterocycles. The molecule has 9 nitrogen and oxygen atoms in total. The zero-order valence-electron chi connectivity index (χ0n) is 15.5. The van der Waals surface area contributed by atoms with Gasteiger partial charge in [-0.1, -0.05) is 6.07 Å². The number of benzene rings is 2. The Morgan fingerprint density at radius 2 is 1.13 bits per heavy atom. The van der Waals surface area contributed by atoms with Crippen LogP contribution in [0.3, 0.4) is 0 Å². The van der Waals surface area contributed by atoms with Crippen molar-refractivity contribution >= 4 is 23.2 Å². The Morgan fingerprint density at radius 1 is 0.667 bits per heavy atom. The molecule has 3 heterocycles. The van der Waals surface area contributed by atoms with Gasteiger partial charge in [0.1, 0.15) is 11.4 Å². The SMILES string of the molecule is O=C(Nc1ccc2c(c1)OCO2)c1cccc(C(=O)Nc2ccc3c(c2)OCO3)n1. The van der Waals surface area contributed by atoms with E-state index in [0.29, 0.717) is 34.4 Å². The van der Waals surface area contributed by atoms with E-state index in [1.807, 2.05) is 0 Å². The van der Waals surface area contributed by atoms with E-state index in [1.54, 1.807) is 42.5 Å². The molecule has 0 spiro atoms. The molecule has 150 valence electrons. The monoisotopic (exact) mass is 405 g/mol. The number of nitrogens with one attached hydrogen (secondary N) is 2. The van der Waals surface area contributed by atoms with Crippen LogP contribution in [-0.4, -0.2) is 30.4 Å². The maximum absolute atomic E-state index is 12.6. The Hall–Kier alpha value is -4.27. The van der Waals surface area contributed by atoms with Crippen LogP contribution in [0, 0.1) is 0 Å². The van der Waals surface area contributed by atoms with E-state index in [-0.39, 0.29) is 25.0 Å². The molecule has 0 radical (unpaired) electrons. The summed E-state index contributed by atoms with van der Waals surface area (Å²) in [5.74, 6) is 1.44. The van der Waals surface area contributed by atoms with Gasteiger partial charge >= 0.3 is 0 Å². The first-order valence-electron chi connectivity index (χ1n) is 9.05. The zero-order chi connectivity index (χ0) is 20.5. The van der Waals surface area contributed by atoms with E-state index in [0.717, 1.165) is 0 Å². The Morgan fingerprint density at radius 3 is 1.63 bits per heavy atom. The third kappa shape index (κ3) is 3.44. The topological polar surface area (TPSA) is 108 Å². The van der Waals surface area contributed by atoms with Crippen LogP contribution >= 0.6 is 0 Å². The average Bonchev–Trinajstić information content (AvgIpc) is 3.42. The number of carbonyl (C=O) groups excluding carboxylic acids is 2. The van der Waals surface area contributed by atoms with Gasteiger partial charge in [-0.05, 0) is 36.4 Å². The van der Waals surface area contributed by atoms with E-state index in [1.165, 1.54) is 12.1 Å². The molecule has 0 aliphatic carbocycles. The molecule has 0 atom stereocenters.